The predicted octanol–water partition coefficient (Wildman–Crippen LogP) is 0.513. The van der Waals surface area contributed by atoms with Gasteiger partial charge in [-0.05, 0) is 31.2 Å². The highest BCUT2D eigenvalue weighted by Crippen LogP contribution is 2.58. The molecule has 13 heavy (non-hydrogen) atoms. The summed E-state index contributed by atoms with van der Waals surface area (Å²) >= 11 is 0. The first kappa shape index (κ1) is 9.44. The molecular weight excluding hydrogens is 166 g/mol. The first-order chi connectivity index (χ1) is 6.18. The average molecular weight is 185 g/mol. The second-order valence-corrected chi connectivity index (χ2v) is 4.67. The molecule has 1 saturated carbocycles. The summed E-state index contributed by atoms with van der Waals surface area (Å²) < 4.78 is 5.31. The van der Waals surface area contributed by atoms with E-state index in [2.05, 4.69) is 6.92 Å². The summed E-state index contributed by atoms with van der Waals surface area (Å²) in [4.78, 5) is 0. The third-order valence-electron chi connectivity index (χ3n) is 4.20. The molecule has 0 atom stereocenters. The highest BCUT2D eigenvalue weighted by Gasteiger charge is 2.59. The zero-order valence-corrected chi connectivity index (χ0v) is 8.25. The lowest BCUT2D eigenvalue weighted by Crippen LogP contribution is -2.64. The maximum atomic E-state index is 9.40. The Labute approximate surface area is 79.3 Å². The van der Waals surface area contributed by atoms with Crippen LogP contribution in [0.15, 0.2) is 0 Å². The second kappa shape index (κ2) is 2.94. The van der Waals surface area contributed by atoms with E-state index >= 15 is 0 Å². The average Bonchev–Trinajstić information content (AvgIpc) is 1.99. The summed E-state index contributed by atoms with van der Waals surface area (Å²) in [6.45, 7) is 4.58. The van der Waals surface area contributed by atoms with E-state index in [1.54, 1.807) is 0 Å². The molecule has 3 nitrogen and oxygen atoms in total. The van der Waals surface area contributed by atoms with Gasteiger partial charge in [-0.25, -0.2) is 0 Å². The van der Waals surface area contributed by atoms with Crippen molar-refractivity contribution in [2.24, 2.45) is 16.6 Å². The number of nitrogens with two attached hydrogens (primary N) is 1. The lowest BCUT2D eigenvalue weighted by molar-refractivity contribution is -0.232. The van der Waals surface area contributed by atoms with Crippen LogP contribution >= 0.6 is 0 Å². The van der Waals surface area contributed by atoms with Crippen LogP contribution in [-0.2, 0) is 4.74 Å². The molecule has 3 heteroatoms. The van der Waals surface area contributed by atoms with Gasteiger partial charge in [0.1, 0.15) is 0 Å². The van der Waals surface area contributed by atoms with E-state index in [-0.39, 0.29) is 16.9 Å². The first-order valence-corrected chi connectivity index (χ1v) is 5.14. The van der Waals surface area contributed by atoms with E-state index in [0.717, 1.165) is 32.5 Å². The third kappa shape index (κ3) is 1.07. The Hall–Kier alpha value is -0.120. The standard InChI is InChI=1S/C10H19NO2/c1-2-9(6-13-7-9)10(5-11)3-8(12)4-10/h8,12H,2-7,11H2,1H3. The zero-order valence-electron chi connectivity index (χ0n) is 8.25. The summed E-state index contributed by atoms with van der Waals surface area (Å²) in [6, 6.07) is 0. The Kier molecular flexibility index (Phi) is 2.13. The number of hydrogen-bond acceptors (Lipinski definition) is 3. The van der Waals surface area contributed by atoms with Crippen LogP contribution in [0.1, 0.15) is 26.2 Å². The molecule has 2 aliphatic rings. The molecule has 2 fully saturated rings. The van der Waals surface area contributed by atoms with Crippen LogP contribution in [0.4, 0.5) is 0 Å². The van der Waals surface area contributed by atoms with Gasteiger partial charge in [-0.15, -0.1) is 0 Å². The number of hydrogen-bond donors (Lipinski definition) is 2. The van der Waals surface area contributed by atoms with E-state index in [9.17, 15) is 5.11 Å². The van der Waals surface area contributed by atoms with Gasteiger partial charge in [0.05, 0.1) is 19.3 Å². The smallest absolute Gasteiger partial charge is 0.0552 e. The van der Waals surface area contributed by atoms with Gasteiger partial charge >= 0.3 is 0 Å². The van der Waals surface area contributed by atoms with Crippen LogP contribution in [0.3, 0.4) is 0 Å². The fraction of sp³-hybridized carbons (Fsp3) is 1.00. The molecule has 0 amide bonds. The molecule has 0 bridgehead atoms. The van der Waals surface area contributed by atoms with Crippen molar-refractivity contribution in [1.82, 2.24) is 0 Å². The summed E-state index contributed by atoms with van der Waals surface area (Å²) in [5.74, 6) is 0. The summed E-state index contributed by atoms with van der Waals surface area (Å²) in [5.41, 5.74) is 6.29. The molecule has 0 aromatic heterocycles. The van der Waals surface area contributed by atoms with Gasteiger partial charge in [-0.2, -0.15) is 0 Å². The van der Waals surface area contributed by atoms with Crippen LogP contribution in [-0.4, -0.2) is 31.0 Å². The molecule has 76 valence electrons. The molecule has 3 N–H and O–H groups in total. The predicted molar refractivity (Wildman–Crippen MR) is 50.3 cm³/mol. The Morgan fingerprint density at radius 1 is 1.38 bits per heavy atom. The van der Waals surface area contributed by atoms with Gasteiger partial charge in [0.15, 0.2) is 0 Å². The van der Waals surface area contributed by atoms with Gasteiger partial charge in [0.25, 0.3) is 0 Å². The Morgan fingerprint density at radius 3 is 2.23 bits per heavy atom. The van der Waals surface area contributed by atoms with E-state index in [4.69, 9.17) is 10.5 Å². The van der Waals surface area contributed by atoms with E-state index in [1.165, 1.54) is 0 Å². The van der Waals surface area contributed by atoms with E-state index in [1.807, 2.05) is 0 Å². The molecule has 0 aromatic carbocycles. The monoisotopic (exact) mass is 185 g/mol. The third-order valence-corrected chi connectivity index (χ3v) is 4.20. The first-order valence-electron chi connectivity index (χ1n) is 5.14. The maximum Gasteiger partial charge on any atom is 0.0552 e. The van der Waals surface area contributed by atoms with Gasteiger partial charge in [0, 0.05) is 5.41 Å². The highest BCUT2D eigenvalue weighted by atomic mass is 16.5. The Bertz CT molecular complexity index is 190. The van der Waals surface area contributed by atoms with E-state index in [0.29, 0.717) is 6.54 Å². The minimum atomic E-state index is -0.118. The van der Waals surface area contributed by atoms with Crippen molar-refractivity contribution in [3.63, 3.8) is 0 Å². The van der Waals surface area contributed by atoms with Crippen molar-refractivity contribution in [3.8, 4) is 0 Å². The molecule has 0 spiro atoms. The molecule has 1 heterocycles. The molecule has 2 rings (SSSR count). The fourth-order valence-corrected chi connectivity index (χ4v) is 2.89. The van der Waals surface area contributed by atoms with Crippen LogP contribution in [0.25, 0.3) is 0 Å². The van der Waals surface area contributed by atoms with Crippen LogP contribution in [0.2, 0.25) is 0 Å². The van der Waals surface area contributed by atoms with Gasteiger partial charge in [0.2, 0.25) is 0 Å². The van der Waals surface area contributed by atoms with Crippen molar-refractivity contribution in [3.05, 3.63) is 0 Å². The maximum absolute atomic E-state index is 9.40. The number of rotatable bonds is 3. The quantitative estimate of drug-likeness (QED) is 0.673. The van der Waals surface area contributed by atoms with Crippen molar-refractivity contribution < 1.29 is 9.84 Å². The minimum absolute atomic E-state index is 0.118. The van der Waals surface area contributed by atoms with Crippen molar-refractivity contribution in [2.45, 2.75) is 32.3 Å². The fourth-order valence-electron chi connectivity index (χ4n) is 2.89. The minimum Gasteiger partial charge on any atom is -0.393 e. The van der Waals surface area contributed by atoms with Crippen LogP contribution in [0, 0.1) is 10.8 Å². The lowest BCUT2D eigenvalue weighted by atomic mass is 9.50. The topological polar surface area (TPSA) is 55.5 Å². The number of ether oxygens (including phenoxy) is 1. The zero-order chi connectivity index (χ0) is 9.53. The second-order valence-electron chi connectivity index (χ2n) is 4.67. The van der Waals surface area contributed by atoms with Gasteiger partial charge in [-0.3, -0.25) is 0 Å². The molecule has 0 aromatic rings. The molecule has 0 radical (unpaired) electrons. The summed E-state index contributed by atoms with van der Waals surface area (Å²) in [5, 5.41) is 9.40. The highest BCUT2D eigenvalue weighted by molar-refractivity contribution is 5.09. The SMILES string of the molecule is CCC1(C2(CN)CC(O)C2)COC1. The molecule has 1 aliphatic heterocycles. The van der Waals surface area contributed by atoms with Gasteiger partial charge in [-0.1, -0.05) is 6.92 Å². The summed E-state index contributed by atoms with van der Waals surface area (Å²) in [7, 11) is 0. The largest absolute Gasteiger partial charge is 0.393 e. The Balaban J connectivity index is 2.11. The van der Waals surface area contributed by atoms with Crippen molar-refractivity contribution in [2.75, 3.05) is 19.8 Å². The van der Waals surface area contributed by atoms with Crippen molar-refractivity contribution in [1.29, 1.82) is 0 Å². The molecule has 1 saturated heterocycles. The molecule has 1 aliphatic carbocycles. The molecule has 0 unspecified atom stereocenters. The Morgan fingerprint density at radius 2 is 2.00 bits per heavy atom. The molecular formula is C10H19NO2. The summed E-state index contributed by atoms with van der Waals surface area (Å²) in [6.07, 6.45) is 2.76. The lowest BCUT2D eigenvalue weighted by Gasteiger charge is -2.61. The van der Waals surface area contributed by atoms with Crippen LogP contribution < -0.4 is 5.73 Å². The number of aliphatic hydroxyl groups is 1. The normalized spacial score (nSPS) is 42.2. The van der Waals surface area contributed by atoms with E-state index < -0.39 is 0 Å². The van der Waals surface area contributed by atoms with Gasteiger partial charge < -0.3 is 15.6 Å². The van der Waals surface area contributed by atoms with Crippen molar-refractivity contribution >= 4 is 0 Å². The number of aliphatic hydroxyl groups excluding tert-OH is 1. The van der Waals surface area contributed by atoms with Crippen LogP contribution in [0.5, 0.6) is 0 Å².